The van der Waals surface area contributed by atoms with Crippen molar-refractivity contribution in [1.29, 1.82) is 0 Å². The van der Waals surface area contributed by atoms with Crippen LogP contribution in [0.4, 0.5) is 0 Å². The highest BCUT2D eigenvalue weighted by Crippen LogP contribution is 2.58. The summed E-state index contributed by atoms with van der Waals surface area (Å²) >= 11 is 0. The fraction of sp³-hybridized carbons (Fsp3) is 0.533. The van der Waals surface area contributed by atoms with Gasteiger partial charge in [-0.15, -0.1) is 0 Å². The highest BCUT2D eigenvalue weighted by Gasteiger charge is 2.68. The summed E-state index contributed by atoms with van der Waals surface area (Å²) in [5, 5.41) is 34.3. The highest BCUT2D eigenvalue weighted by molar-refractivity contribution is 5.89. The van der Waals surface area contributed by atoms with Crippen molar-refractivity contribution in [3.8, 4) is 5.75 Å². The van der Waals surface area contributed by atoms with E-state index < -0.39 is 29.5 Å². The van der Waals surface area contributed by atoms with Gasteiger partial charge in [0.1, 0.15) is 17.3 Å². The van der Waals surface area contributed by atoms with Gasteiger partial charge in [0, 0.05) is 31.4 Å². The van der Waals surface area contributed by atoms with Gasteiger partial charge in [0.2, 0.25) is 5.91 Å². The first-order chi connectivity index (χ1) is 17.6. The number of carbonyl (C=O) groups excluding carboxylic acids is 2. The lowest BCUT2D eigenvalue weighted by Gasteiger charge is -2.52. The average molecular weight is 510 g/mol. The van der Waals surface area contributed by atoms with Gasteiger partial charge in [0.05, 0.1) is 6.10 Å². The smallest absolute Gasteiger partial charge is 0.303 e. The Labute approximate surface area is 218 Å². The number of aliphatic hydroxyl groups is 2. The molecule has 4 N–H and O–H groups in total. The number of phenols is 1. The first kappa shape index (κ1) is 27.1. The Morgan fingerprint density at radius 3 is 2.54 bits per heavy atom. The summed E-state index contributed by atoms with van der Waals surface area (Å²) in [7, 11) is 0. The first-order valence-corrected chi connectivity index (χ1v) is 13.2. The van der Waals surface area contributed by atoms with E-state index in [4.69, 9.17) is 4.74 Å². The predicted molar refractivity (Wildman–Crippen MR) is 140 cm³/mol. The Morgan fingerprint density at radius 1 is 1.19 bits per heavy atom. The molecule has 3 aliphatic rings. The number of esters is 1. The minimum absolute atomic E-state index is 0.0374. The number of hydrogen-bond donors (Lipinski definition) is 4. The molecule has 1 aliphatic heterocycles. The summed E-state index contributed by atoms with van der Waals surface area (Å²) < 4.78 is 5.91. The van der Waals surface area contributed by atoms with Crippen LogP contribution in [-0.2, 0) is 20.7 Å². The van der Waals surface area contributed by atoms with Gasteiger partial charge in [0.25, 0.3) is 0 Å². The van der Waals surface area contributed by atoms with Crippen molar-refractivity contribution in [3.63, 3.8) is 0 Å². The first-order valence-electron chi connectivity index (χ1n) is 13.2. The number of aromatic hydroxyl groups is 1. The van der Waals surface area contributed by atoms with Crippen LogP contribution in [0.15, 0.2) is 60.7 Å². The van der Waals surface area contributed by atoms with Crippen LogP contribution in [0.5, 0.6) is 5.75 Å². The van der Waals surface area contributed by atoms with E-state index >= 15 is 0 Å². The Hall–Kier alpha value is -2.90. The number of rotatable bonds is 4. The monoisotopic (exact) mass is 509 g/mol. The maximum atomic E-state index is 14.2. The topological polar surface area (TPSA) is 116 Å². The molecule has 1 aromatic rings. The molecule has 9 atom stereocenters. The molecular weight excluding hydrogens is 470 g/mol. The minimum atomic E-state index is -1.25. The number of nitrogens with one attached hydrogen (secondary N) is 1. The molecule has 7 heteroatoms. The number of hydrogen-bond acceptors (Lipinski definition) is 6. The highest BCUT2D eigenvalue weighted by atomic mass is 16.5. The SMILES string of the molecule is C=C1[C@@H](C)[C@H]2[C@H](Cc3ccc(O)cc3)NC(=O)[C@]23[C@H](OC(C)=O)/C=C/[C@@H](C)C[C@@H](CO)C/C=C/[C@H]3[C@@H]1O. The van der Waals surface area contributed by atoms with E-state index in [1.807, 2.05) is 50.3 Å². The zero-order valence-corrected chi connectivity index (χ0v) is 21.8. The Bertz CT molecular complexity index is 1080. The van der Waals surface area contributed by atoms with Crippen molar-refractivity contribution >= 4 is 11.9 Å². The zero-order chi connectivity index (χ0) is 26.9. The molecular formula is C30H39NO6. The largest absolute Gasteiger partial charge is 0.508 e. The van der Waals surface area contributed by atoms with Crippen LogP contribution in [0.3, 0.4) is 0 Å². The van der Waals surface area contributed by atoms with Crippen molar-refractivity contribution in [2.75, 3.05) is 6.61 Å². The van der Waals surface area contributed by atoms with E-state index in [0.29, 0.717) is 18.4 Å². The number of phenolic OH excluding ortho intramolecular Hbond substituents is 1. The van der Waals surface area contributed by atoms with Crippen molar-refractivity contribution in [3.05, 3.63) is 66.3 Å². The molecule has 0 aromatic heterocycles. The van der Waals surface area contributed by atoms with E-state index in [1.54, 1.807) is 12.1 Å². The van der Waals surface area contributed by atoms with Gasteiger partial charge in [-0.2, -0.15) is 0 Å². The lowest BCUT2D eigenvalue weighted by molar-refractivity contribution is -0.166. The van der Waals surface area contributed by atoms with Crippen molar-refractivity contribution < 1.29 is 29.6 Å². The third kappa shape index (κ3) is 4.99. The van der Waals surface area contributed by atoms with E-state index in [0.717, 1.165) is 12.0 Å². The fourth-order valence-electron chi connectivity index (χ4n) is 6.86. The molecule has 0 bridgehead atoms. The molecule has 1 amide bonds. The summed E-state index contributed by atoms with van der Waals surface area (Å²) in [5.74, 6) is -1.69. The normalized spacial score (nSPS) is 39.5. The molecule has 0 unspecified atom stereocenters. The third-order valence-electron chi connectivity index (χ3n) is 8.64. The molecule has 1 saturated heterocycles. The second-order valence-corrected chi connectivity index (χ2v) is 11.1. The van der Waals surface area contributed by atoms with Gasteiger partial charge in [0.15, 0.2) is 0 Å². The summed E-state index contributed by atoms with van der Waals surface area (Å²) in [4.78, 5) is 26.5. The van der Waals surface area contributed by atoms with Crippen molar-refractivity contribution in [2.45, 2.75) is 58.3 Å². The van der Waals surface area contributed by atoms with Gasteiger partial charge >= 0.3 is 5.97 Å². The van der Waals surface area contributed by atoms with Gasteiger partial charge in [-0.1, -0.05) is 50.8 Å². The van der Waals surface area contributed by atoms with Crippen molar-refractivity contribution in [1.82, 2.24) is 5.32 Å². The molecule has 7 nitrogen and oxygen atoms in total. The Morgan fingerprint density at radius 2 is 1.89 bits per heavy atom. The predicted octanol–water partition coefficient (Wildman–Crippen LogP) is 3.30. The van der Waals surface area contributed by atoms with Gasteiger partial charge in [-0.3, -0.25) is 9.59 Å². The van der Waals surface area contributed by atoms with Crippen LogP contribution in [0, 0.1) is 35.0 Å². The van der Waals surface area contributed by atoms with E-state index in [9.17, 15) is 24.9 Å². The van der Waals surface area contributed by atoms with Crippen LogP contribution < -0.4 is 5.32 Å². The molecule has 0 radical (unpaired) electrons. The van der Waals surface area contributed by atoms with Crippen LogP contribution in [0.25, 0.3) is 0 Å². The summed E-state index contributed by atoms with van der Waals surface area (Å²) in [6.45, 7) is 9.62. The average Bonchev–Trinajstić information content (AvgIpc) is 3.13. The summed E-state index contributed by atoms with van der Waals surface area (Å²) in [6.07, 6.45) is 7.57. The number of ether oxygens (including phenoxy) is 1. The lowest BCUT2D eigenvalue weighted by atomic mass is 9.51. The van der Waals surface area contributed by atoms with Crippen LogP contribution in [0.2, 0.25) is 0 Å². The molecule has 1 saturated carbocycles. The van der Waals surface area contributed by atoms with Gasteiger partial charge in [-0.05, 0) is 66.4 Å². The number of benzene rings is 1. The second-order valence-electron chi connectivity index (χ2n) is 11.1. The van der Waals surface area contributed by atoms with Gasteiger partial charge < -0.3 is 25.4 Å². The number of amides is 1. The standard InChI is InChI=1S/C30H39NO6/c1-17-8-13-26(37-20(4)33)30-24(7-5-6-22(14-17)16-32)28(35)19(3)18(2)27(30)25(31-29(30)36)15-21-9-11-23(34)12-10-21/h5,7-13,17-18,22,24-28,32,34-35H,3,6,14-16H2,1-2,4H3,(H,31,36)/b7-5+,13-8+/t17-,18-,22+,24+,25+,26-,27+,28-,30-/m1/s1. The minimum Gasteiger partial charge on any atom is -0.508 e. The molecule has 2 aliphatic carbocycles. The summed E-state index contributed by atoms with van der Waals surface area (Å²) in [5.41, 5.74) is 0.348. The Kier molecular flexibility index (Phi) is 7.95. The van der Waals surface area contributed by atoms with Crippen LogP contribution >= 0.6 is 0 Å². The van der Waals surface area contributed by atoms with Gasteiger partial charge in [-0.25, -0.2) is 0 Å². The molecule has 2 fully saturated rings. The molecule has 200 valence electrons. The molecule has 1 aromatic carbocycles. The fourth-order valence-corrected chi connectivity index (χ4v) is 6.86. The molecule has 1 heterocycles. The maximum Gasteiger partial charge on any atom is 0.303 e. The van der Waals surface area contributed by atoms with Crippen LogP contribution in [0.1, 0.15) is 39.2 Å². The molecule has 4 rings (SSSR count). The van der Waals surface area contributed by atoms with E-state index in [-0.39, 0.29) is 48.0 Å². The van der Waals surface area contributed by atoms with Crippen molar-refractivity contribution in [2.24, 2.45) is 35.0 Å². The zero-order valence-electron chi connectivity index (χ0n) is 21.8. The quantitative estimate of drug-likeness (QED) is 0.366. The number of allylic oxidation sites excluding steroid dienone is 2. The third-order valence-corrected chi connectivity index (χ3v) is 8.64. The molecule has 1 spiro atoms. The Balaban J connectivity index is 1.88. The van der Waals surface area contributed by atoms with E-state index in [1.165, 1.54) is 6.92 Å². The maximum absolute atomic E-state index is 14.2. The van der Waals surface area contributed by atoms with E-state index in [2.05, 4.69) is 11.9 Å². The second kappa shape index (κ2) is 10.8. The van der Waals surface area contributed by atoms with Crippen LogP contribution in [-0.4, -0.2) is 52.1 Å². The number of aliphatic hydroxyl groups excluding tert-OH is 2. The lowest BCUT2D eigenvalue weighted by Crippen LogP contribution is -2.60. The molecule has 37 heavy (non-hydrogen) atoms. The number of carbonyl (C=O) groups is 2. The summed E-state index contributed by atoms with van der Waals surface area (Å²) in [6, 6.07) is 6.61.